The van der Waals surface area contributed by atoms with Crippen molar-refractivity contribution in [1.82, 2.24) is 19.6 Å². The van der Waals surface area contributed by atoms with Gasteiger partial charge in [0, 0.05) is 11.9 Å². The Bertz CT molecular complexity index is 1810. The van der Waals surface area contributed by atoms with Crippen LogP contribution < -0.4 is 4.90 Å². The number of fused-ring (bicyclic) bond motifs is 1. The molecule has 0 bridgehead atoms. The largest absolute Gasteiger partial charge is 0.508 e. The second kappa shape index (κ2) is 10.2. The zero-order valence-electron chi connectivity index (χ0n) is 21.5. The number of ketones is 1. The molecule has 0 radical (unpaired) electrons. The summed E-state index contributed by atoms with van der Waals surface area (Å²) in [6, 6.07) is 18.9. The van der Waals surface area contributed by atoms with Crippen LogP contribution in [0.3, 0.4) is 0 Å². The molecule has 1 atom stereocenters. The van der Waals surface area contributed by atoms with Crippen LogP contribution in [0.2, 0.25) is 0 Å². The molecule has 1 fully saturated rings. The number of aromatic hydroxyl groups is 1. The van der Waals surface area contributed by atoms with Crippen LogP contribution in [-0.4, -0.2) is 41.5 Å². The minimum atomic E-state index is -1.04. The predicted octanol–water partition coefficient (Wildman–Crippen LogP) is 5.43. The van der Waals surface area contributed by atoms with E-state index in [4.69, 9.17) is 0 Å². The molecule has 11 heteroatoms. The van der Waals surface area contributed by atoms with Gasteiger partial charge in [-0.1, -0.05) is 71.6 Å². The summed E-state index contributed by atoms with van der Waals surface area (Å²) in [6.45, 7) is 3.69. The van der Waals surface area contributed by atoms with Gasteiger partial charge in [-0.25, -0.2) is 4.98 Å². The number of hydrogen-bond acceptors (Lipinski definition) is 9. The van der Waals surface area contributed by atoms with Gasteiger partial charge in [0.1, 0.15) is 17.1 Å². The molecule has 200 valence electrons. The van der Waals surface area contributed by atoms with E-state index < -0.39 is 23.5 Å². The number of aryl methyl sites for hydroxylation is 2. The van der Waals surface area contributed by atoms with Gasteiger partial charge in [-0.05, 0) is 48.7 Å². The number of anilines is 1. The van der Waals surface area contributed by atoms with Gasteiger partial charge in [-0.15, -0.1) is 10.2 Å². The first-order valence-corrected chi connectivity index (χ1v) is 14.2. The number of hydrogen-bond donors (Lipinski definition) is 2. The molecule has 0 aliphatic carbocycles. The molecule has 2 aromatic carbocycles. The van der Waals surface area contributed by atoms with Crippen molar-refractivity contribution in [3.05, 3.63) is 107 Å². The van der Waals surface area contributed by atoms with Crippen molar-refractivity contribution in [2.24, 2.45) is 0 Å². The van der Waals surface area contributed by atoms with Crippen molar-refractivity contribution in [3.63, 3.8) is 0 Å². The van der Waals surface area contributed by atoms with Crippen molar-refractivity contribution >= 4 is 51.3 Å². The summed E-state index contributed by atoms with van der Waals surface area (Å²) in [4.78, 5) is 32.9. The Balaban J connectivity index is 1.45. The van der Waals surface area contributed by atoms with Gasteiger partial charge in [0.2, 0.25) is 5.13 Å². The SMILES string of the molecule is Cc1cccn2c(C)c(/C(O)=C3\C(=O)C(=O)N(c4nnc(SCc5ccccc5)s4)C3c3cccc(O)c3)nc12. The number of amides is 1. The summed E-state index contributed by atoms with van der Waals surface area (Å²) in [5.41, 5.74) is 3.77. The van der Waals surface area contributed by atoms with E-state index in [2.05, 4.69) is 15.2 Å². The first kappa shape index (κ1) is 25.8. The molecule has 1 unspecified atom stereocenters. The minimum absolute atomic E-state index is 0.0426. The zero-order chi connectivity index (χ0) is 28.0. The van der Waals surface area contributed by atoms with Crippen LogP contribution >= 0.6 is 23.1 Å². The fourth-order valence-corrected chi connectivity index (χ4v) is 6.62. The maximum atomic E-state index is 13.5. The second-order valence-electron chi connectivity index (χ2n) is 9.32. The number of imidazole rings is 1. The third-order valence-electron chi connectivity index (χ3n) is 6.75. The number of carbonyl (C=O) groups excluding carboxylic acids is 2. The predicted molar refractivity (Wildman–Crippen MR) is 153 cm³/mol. The lowest BCUT2D eigenvalue weighted by Crippen LogP contribution is -2.29. The average Bonchev–Trinajstić information content (AvgIpc) is 3.63. The van der Waals surface area contributed by atoms with Gasteiger partial charge in [0.15, 0.2) is 10.1 Å². The molecule has 0 saturated carbocycles. The normalized spacial score (nSPS) is 16.8. The van der Waals surface area contributed by atoms with E-state index in [1.54, 1.807) is 19.1 Å². The fraction of sp³-hybridized carbons (Fsp3) is 0.138. The van der Waals surface area contributed by atoms with E-state index in [1.807, 2.05) is 60.0 Å². The Kier molecular flexibility index (Phi) is 6.60. The fourth-order valence-electron chi connectivity index (χ4n) is 4.79. The van der Waals surface area contributed by atoms with E-state index in [0.29, 0.717) is 27.0 Å². The Hall–Kier alpha value is -4.48. The van der Waals surface area contributed by atoms with Crippen molar-refractivity contribution in [1.29, 1.82) is 0 Å². The lowest BCUT2D eigenvalue weighted by Gasteiger charge is -2.22. The summed E-state index contributed by atoms with van der Waals surface area (Å²) >= 11 is 2.66. The van der Waals surface area contributed by atoms with E-state index in [9.17, 15) is 19.8 Å². The number of phenols is 1. The molecule has 40 heavy (non-hydrogen) atoms. The summed E-state index contributed by atoms with van der Waals surface area (Å²) in [5.74, 6) is -1.48. The smallest absolute Gasteiger partial charge is 0.301 e. The molecule has 1 saturated heterocycles. The van der Waals surface area contributed by atoms with Gasteiger partial charge in [-0.2, -0.15) is 0 Å². The number of nitrogens with zero attached hydrogens (tertiary/aromatic N) is 5. The number of phenolic OH excluding ortho intramolecular Hbond substituents is 1. The number of Topliss-reactive ketones (excluding diaryl/α,β-unsaturated/α-hetero) is 1. The maximum Gasteiger partial charge on any atom is 0.301 e. The molecular weight excluding hydrogens is 546 g/mol. The summed E-state index contributed by atoms with van der Waals surface area (Å²) in [5, 5.41) is 30.5. The Morgan fingerprint density at radius 2 is 1.82 bits per heavy atom. The number of thioether (sulfide) groups is 1. The van der Waals surface area contributed by atoms with Crippen molar-refractivity contribution in [3.8, 4) is 5.75 Å². The molecule has 9 nitrogen and oxygen atoms in total. The monoisotopic (exact) mass is 569 g/mol. The Morgan fingerprint density at radius 3 is 2.58 bits per heavy atom. The number of aliphatic hydroxyl groups is 1. The highest BCUT2D eigenvalue weighted by molar-refractivity contribution is 8.00. The third-order valence-corrected chi connectivity index (χ3v) is 8.87. The summed E-state index contributed by atoms with van der Waals surface area (Å²) in [6.07, 6.45) is 1.82. The average molecular weight is 570 g/mol. The number of benzene rings is 2. The van der Waals surface area contributed by atoms with Crippen LogP contribution in [0.4, 0.5) is 5.13 Å². The van der Waals surface area contributed by atoms with Crippen molar-refractivity contribution in [2.45, 2.75) is 30.0 Å². The van der Waals surface area contributed by atoms with Gasteiger partial charge in [0.25, 0.3) is 5.78 Å². The van der Waals surface area contributed by atoms with E-state index in [1.165, 1.54) is 40.1 Å². The molecule has 2 N–H and O–H groups in total. The molecule has 1 amide bonds. The van der Waals surface area contributed by atoms with Crippen LogP contribution in [0.25, 0.3) is 11.4 Å². The first-order valence-electron chi connectivity index (χ1n) is 12.4. The number of rotatable bonds is 6. The van der Waals surface area contributed by atoms with Gasteiger partial charge < -0.3 is 14.6 Å². The second-order valence-corrected chi connectivity index (χ2v) is 11.5. The maximum absolute atomic E-state index is 13.5. The van der Waals surface area contributed by atoms with E-state index in [0.717, 1.165) is 11.1 Å². The van der Waals surface area contributed by atoms with Crippen LogP contribution in [0.1, 0.15) is 34.1 Å². The quantitative estimate of drug-likeness (QED) is 0.0914. The zero-order valence-corrected chi connectivity index (χ0v) is 23.1. The highest BCUT2D eigenvalue weighted by atomic mass is 32.2. The number of aromatic nitrogens is 4. The standard InChI is InChI=1S/C29H23N5O4S2/c1-16-8-7-13-33-17(2)22(30-26(16)33)24(36)21-23(19-11-6-12-20(35)14-19)34(27(38)25(21)37)28-31-32-29(40-28)39-15-18-9-4-3-5-10-18/h3-14,23,35-36H,15H2,1-2H3/b24-21+. The topological polar surface area (TPSA) is 121 Å². The molecule has 0 spiro atoms. The summed E-state index contributed by atoms with van der Waals surface area (Å²) in [7, 11) is 0. The molecule has 5 aromatic rings. The van der Waals surface area contributed by atoms with Crippen LogP contribution in [0, 0.1) is 13.8 Å². The Morgan fingerprint density at radius 1 is 1.02 bits per heavy atom. The van der Waals surface area contributed by atoms with E-state index >= 15 is 0 Å². The highest BCUT2D eigenvalue weighted by Crippen LogP contribution is 2.44. The lowest BCUT2D eigenvalue weighted by molar-refractivity contribution is -0.132. The van der Waals surface area contributed by atoms with Crippen LogP contribution in [0.15, 0.2) is 82.8 Å². The van der Waals surface area contributed by atoms with Crippen molar-refractivity contribution < 1.29 is 19.8 Å². The number of aliphatic hydroxyl groups excluding tert-OH is 1. The third kappa shape index (κ3) is 4.42. The van der Waals surface area contributed by atoms with Crippen LogP contribution in [0.5, 0.6) is 5.75 Å². The molecule has 1 aliphatic heterocycles. The van der Waals surface area contributed by atoms with Crippen LogP contribution in [-0.2, 0) is 15.3 Å². The molecule has 4 heterocycles. The minimum Gasteiger partial charge on any atom is -0.508 e. The highest BCUT2D eigenvalue weighted by Gasteiger charge is 2.49. The molecule has 6 rings (SSSR count). The van der Waals surface area contributed by atoms with Gasteiger partial charge in [0.05, 0.1) is 17.3 Å². The van der Waals surface area contributed by atoms with Gasteiger partial charge >= 0.3 is 5.91 Å². The summed E-state index contributed by atoms with van der Waals surface area (Å²) < 4.78 is 2.45. The first-order chi connectivity index (χ1) is 19.3. The van der Waals surface area contributed by atoms with Gasteiger partial charge in [-0.3, -0.25) is 14.5 Å². The number of carbonyl (C=O) groups is 2. The molecule has 1 aliphatic rings. The van der Waals surface area contributed by atoms with Crippen molar-refractivity contribution in [2.75, 3.05) is 4.90 Å². The lowest BCUT2D eigenvalue weighted by atomic mass is 9.96. The molecular formula is C29H23N5O4S2. The van der Waals surface area contributed by atoms with E-state index in [-0.39, 0.29) is 22.1 Å². The molecule has 3 aromatic heterocycles. The number of pyridine rings is 1. The Labute approximate surface area is 237 Å².